The third-order valence-corrected chi connectivity index (χ3v) is 6.51. The molecule has 3 aromatic carbocycles. The monoisotopic (exact) mass is 434 g/mol. The number of rotatable bonds is 2. The van der Waals surface area contributed by atoms with Crippen LogP contribution in [0, 0.1) is 0 Å². The van der Waals surface area contributed by atoms with E-state index in [0.29, 0.717) is 22.2 Å². The first-order valence-corrected chi connectivity index (χ1v) is 10.8. The van der Waals surface area contributed by atoms with E-state index in [2.05, 4.69) is 22.9 Å². The Bertz CT molecular complexity index is 1250. The first-order valence-electron chi connectivity index (χ1n) is 10.0. The fraction of sp³-hybridized carbons (Fsp3) is 0.160. The summed E-state index contributed by atoms with van der Waals surface area (Å²) in [7, 11) is 0. The highest BCUT2D eigenvalue weighted by Crippen LogP contribution is 2.36. The molecule has 0 N–H and O–H groups in total. The second-order valence-electron chi connectivity index (χ2n) is 7.62. The summed E-state index contributed by atoms with van der Waals surface area (Å²) in [5.41, 5.74) is 2.74. The minimum atomic E-state index is -0.226. The number of aryl methyl sites for hydroxylation is 1. The molecule has 1 aliphatic heterocycles. The van der Waals surface area contributed by atoms with Gasteiger partial charge in [0.05, 0.1) is 16.1 Å². The summed E-state index contributed by atoms with van der Waals surface area (Å²) in [6.45, 7) is 1.54. The lowest BCUT2D eigenvalue weighted by atomic mass is 10.00. The lowest BCUT2D eigenvalue weighted by molar-refractivity contribution is 0.0709. The second kappa shape index (κ2) is 7.82. The fourth-order valence-corrected chi connectivity index (χ4v) is 4.63. The standard InChI is InChI=1S/C25H20Cl2N2O/c26-21-11-10-19(16-22(21)27)24-23-7-3-12-28(23)13-4-14-29(24)25(30)20-9-8-17-5-1-2-6-18(17)15-20/h1-3,5-12,15-16,24H,4,13-14H2. The Morgan fingerprint density at radius 2 is 1.67 bits per heavy atom. The van der Waals surface area contributed by atoms with Crippen molar-refractivity contribution < 1.29 is 4.79 Å². The molecule has 3 nitrogen and oxygen atoms in total. The molecule has 1 amide bonds. The Morgan fingerprint density at radius 1 is 0.833 bits per heavy atom. The van der Waals surface area contributed by atoms with Gasteiger partial charge in [0, 0.05) is 30.5 Å². The first kappa shape index (κ1) is 19.2. The molecule has 1 aliphatic rings. The van der Waals surface area contributed by atoms with Crippen LogP contribution < -0.4 is 0 Å². The lowest BCUT2D eigenvalue weighted by Gasteiger charge is -2.31. The van der Waals surface area contributed by atoms with Gasteiger partial charge in [-0.3, -0.25) is 4.79 Å². The molecule has 0 spiro atoms. The number of hydrogen-bond donors (Lipinski definition) is 0. The molecular formula is C25H20Cl2N2O. The zero-order chi connectivity index (χ0) is 20.7. The minimum Gasteiger partial charge on any atom is -0.349 e. The maximum absolute atomic E-state index is 13.7. The number of carbonyl (C=O) groups excluding carboxylic acids is 1. The largest absolute Gasteiger partial charge is 0.349 e. The number of carbonyl (C=O) groups is 1. The zero-order valence-electron chi connectivity index (χ0n) is 16.3. The summed E-state index contributed by atoms with van der Waals surface area (Å²) in [5, 5.41) is 3.19. The van der Waals surface area contributed by atoms with E-state index in [1.165, 1.54) is 0 Å². The van der Waals surface area contributed by atoms with Gasteiger partial charge in [-0.25, -0.2) is 0 Å². The van der Waals surface area contributed by atoms with Crippen molar-refractivity contribution in [1.29, 1.82) is 0 Å². The molecule has 0 radical (unpaired) electrons. The highest BCUT2D eigenvalue weighted by Gasteiger charge is 2.31. The molecule has 150 valence electrons. The highest BCUT2D eigenvalue weighted by atomic mass is 35.5. The zero-order valence-corrected chi connectivity index (χ0v) is 17.8. The topological polar surface area (TPSA) is 25.2 Å². The van der Waals surface area contributed by atoms with Crippen LogP contribution in [-0.2, 0) is 6.54 Å². The second-order valence-corrected chi connectivity index (χ2v) is 8.43. The highest BCUT2D eigenvalue weighted by molar-refractivity contribution is 6.42. The molecule has 0 aliphatic carbocycles. The normalized spacial score (nSPS) is 16.3. The summed E-state index contributed by atoms with van der Waals surface area (Å²) < 4.78 is 2.22. The molecule has 0 bridgehead atoms. The first-order chi connectivity index (χ1) is 14.6. The maximum atomic E-state index is 13.7. The quantitative estimate of drug-likeness (QED) is 0.349. The number of benzene rings is 3. The molecule has 1 aromatic heterocycles. The van der Waals surface area contributed by atoms with Gasteiger partial charge in [-0.15, -0.1) is 0 Å². The SMILES string of the molecule is O=C(c1ccc2ccccc2c1)N1CCCn2cccc2C1c1ccc(Cl)c(Cl)c1. The Hall–Kier alpha value is -2.75. The van der Waals surface area contributed by atoms with E-state index in [0.717, 1.165) is 35.0 Å². The van der Waals surface area contributed by atoms with Crippen molar-refractivity contribution in [3.63, 3.8) is 0 Å². The van der Waals surface area contributed by atoms with E-state index in [9.17, 15) is 4.79 Å². The third-order valence-electron chi connectivity index (χ3n) is 5.77. The van der Waals surface area contributed by atoms with Crippen LogP contribution in [0.4, 0.5) is 0 Å². The Kier molecular flexibility index (Phi) is 5.01. The van der Waals surface area contributed by atoms with E-state index in [1.54, 1.807) is 6.07 Å². The van der Waals surface area contributed by atoms with Crippen molar-refractivity contribution in [3.8, 4) is 0 Å². The van der Waals surface area contributed by atoms with E-state index in [1.807, 2.05) is 59.5 Å². The van der Waals surface area contributed by atoms with E-state index in [-0.39, 0.29) is 11.9 Å². The summed E-state index contributed by atoms with van der Waals surface area (Å²) in [5.74, 6) is 0.0199. The molecule has 1 atom stereocenters. The van der Waals surface area contributed by atoms with Crippen molar-refractivity contribution in [2.45, 2.75) is 19.0 Å². The van der Waals surface area contributed by atoms with Gasteiger partial charge in [0.15, 0.2) is 0 Å². The Labute approximate surface area is 185 Å². The van der Waals surface area contributed by atoms with Crippen molar-refractivity contribution >= 4 is 39.9 Å². The Balaban J connectivity index is 1.61. The third kappa shape index (κ3) is 3.38. The van der Waals surface area contributed by atoms with Crippen LogP contribution >= 0.6 is 23.2 Å². The van der Waals surface area contributed by atoms with Crippen LogP contribution in [0.2, 0.25) is 10.0 Å². The van der Waals surface area contributed by atoms with Gasteiger partial charge in [-0.1, -0.05) is 59.6 Å². The number of hydrogen-bond acceptors (Lipinski definition) is 1. The average molecular weight is 435 g/mol. The van der Waals surface area contributed by atoms with Crippen molar-refractivity contribution in [2.75, 3.05) is 6.54 Å². The van der Waals surface area contributed by atoms with Gasteiger partial charge in [-0.05, 0) is 59.2 Å². The van der Waals surface area contributed by atoms with Crippen molar-refractivity contribution in [3.05, 3.63) is 106 Å². The van der Waals surface area contributed by atoms with Gasteiger partial charge in [0.2, 0.25) is 0 Å². The average Bonchev–Trinajstić information content (AvgIpc) is 3.15. The van der Waals surface area contributed by atoms with Crippen LogP contribution in [0.1, 0.15) is 34.1 Å². The van der Waals surface area contributed by atoms with Crippen LogP contribution in [0.5, 0.6) is 0 Å². The van der Waals surface area contributed by atoms with E-state index < -0.39 is 0 Å². The summed E-state index contributed by atoms with van der Waals surface area (Å²) in [6.07, 6.45) is 2.96. The lowest BCUT2D eigenvalue weighted by Crippen LogP contribution is -2.35. The molecule has 5 heteroatoms. The molecule has 1 unspecified atom stereocenters. The van der Waals surface area contributed by atoms with Crippen LogP contribution in [0.15, 0.2) is 79.0 Å². The Morgan fingerprint density at radius 3 is 2.50 bits per heavy atom. The van der Waals surface area contributed by atoms with E-state index in [4.69, 9.17) is 23.2 Å². The summed E-state index contributed by atoms with van der Waals surface area (Å²) in [4.78, 5) is 15.7. The maximum Gasteiger partial charge on any atom is 0.254 e. The van der Waals surface area contributed by atoms with Gasteiger partial charge < -0.3 is 9.47 Å². The molecule has 0 saturated carbocycles. The number of fused-ring (bicyclic) bond motifs is 2. The predicted molar refractivity (Wildman–Crippen MR) is 122 cm³/mol. The number of aromatic nitrogens is 1. The van der Waals surface area contributed by atoms with Crippen molar-refractivity contribution in [1.82, 2.24) is 9.47 Å². The molecule has 5 rings (SSSR count). The van der Waals surface area contributed by atoms with Gasteiger partial charge in [-0.2, -0.15) is 0 Å². The summed E-state index contributed by atoms with van der Waals surface area (Å²) in [6, 6.07) is 23.5. The van der Waals surface area contributed by atoms with Crippen LogP contribution in [-0.4, -0.2) is 21.9 Å². The number of nitrogens with zero attached hydrogens (tertiary/aromatic N) is 2. The minimum absolute atomic E-state index is 0.0199. The molecule has 0 saturated heterocycles. The van der Waals surface area contributed by atoms with Gasteiger partial charge >= 0.3 is 0 Å². The molecule has 4 aromatic rings. The number of amides is 1. The van der Waals surface area contributed by atoms with E-state index >= 15 is 0 Å². The van der Waals surface area contributed by atoms with Crippen molar-refractivity contribution in [2.24, 2.45) is 0 Å². The predicted octanol–water partition coefficient (Wildman–Crippen LogP) is 6.58. The van der Waals surface area contributed by atoms with Gasteiger partial charge in [0.1, 0.15) is 0 Å². The molecule has 30 heavy (non-hydrogen) atoms. The van der Waals surface area contributed by atoms with Crippen LogP contribution in [0.25, 0.3) is 10.8 Å². The number of halogens is 2. The molecule has 2 heterocycles. The smallest absolute Gasteiger partial charge is 0.254 e. The molecular weight excluding hydrogens is 415 g/mol. The van der Waals surface area contributed by atoms with Gasteiger partial charge in [0.25, 0.3) is 5.91 Å². The summed E-state index contributed by atoms with van der Waals surface area (Å²) >= 11 is 12.5. The van der Waals surface area contributed by atoms with Crippen LogP contribution in [0.3, 0.4) is 0 Å². The fourth-order valence-electron chi connectivity index (χ4n) is 4.32. The molecule has 0 fully saturated rings.